The summed E-state index contributed by atoms with van der Waals surface area (Å²) in [4.78, 5) is 10.6. The number of ether oxygens (including phenoxy) is 1. The van der Waals surface area contributed by atoms with E-state index < -0.39 is 11.5 Å². The molecule has 0 aromatic carbocycles. The lowest BCUT2D eigenvalue weighted by Crippen LogP contribution is -2.49. The van der Waals surface area contributed by atoms with Gasteiger partial charge in [-0.1, -0.05) is 12.8 Å². The highest BCUT2D eigenvalue weighted by atomic mass is 16.5. The highest BCUT2D eigenvalue weighted by Crippen LogP contribution is 2.32. The quantitative estimate of drug-likeness (QED) is 0.597. The molecule has 0 heterocycles. The first-order chi connectivity index (χ1) is 6.02. The van der Waals surface area contributed by atoms with E-state index in [1.54, 1.807) is 0 Å². The van der Waals surface area contributed by atoms with Crippen molar-refractivity contribution in [1.82, 2.24) is 0 Å². The van der Waals surface area contributed by atoms with Gasteiger partial charge in [0.05, 0.1) is 6.61 Å². The van der Waals surface area contributed by atoms with Crippen LogP contribution in [0.2, 0.25) is 0 Å². The van der Waals surface area contributed by atoms with Crippen molar-refractivity contribution in [3.63, 3.8) is 0 Å². The molecule has 4 nitrogen and oxygen atoms in total. The van der Waals surface area contributed by atoms with Crippen molar-refractivity contribution in [1.29, 1.82) is 0 Å². The monoisotopic (exact) mass is 187 g/mol. The minimum atomic E-state index is -1.25. The first-order valence-electron chi connectivity index (χ1n) is 4.62. The zero-order chi connectivity index (χ0) is 9.90. The third-order valence-corrected chi connectivity index (χ3v) is 2.26. The van der Waals surface area contributed by atoms with E-state index in [1.165, 1.54) is 19.8 Å². The lowest BCUT2D eigenvalue weighted by Gasteiger charge is -2.18. The molecule has 1 aliphatic carbocycles. The van der Waals surface area contributed by atoms with Crippen LogP contribution >= 0.6 is 0 Å². The van der Waals surface area contributed by atoms with E-state index >= 15 is 0 Å². The number of carbonyl (C=O) groups is 1. The molecule has 0 amide bonds. The molecule has 0 spiro atoms. The maximum Gasteiger partial charge on any atom is 0.325 e. The van der Waals surface area contributed by atoms with E-state index in [-0.39, 0.29) is 6.61 Å². The van der Waals surface area contributed by atoms with Crippen LogP contribution in [0.25, 0.3) is 0 Å². The molecule has 0 bridgehead atoms. The van der Waals surface area contributed by atoms with Crippen LogP contribution in [0.4, 0.5) is 0 Å². The number of carboxylic acid groups (broad SMARTS) is 1. The molecule has 13 heavy (non-hydrogen) atoms. The van der Waals surface area contributed by atoms with Gasteiger partial charge in [0, 0.05) is 6.61 Å². The Morgan fingerprint density at radius 1 is 1.69 bits per heavy atom. The van der Waals surface area contributed by atoms with E-state index in [2.05, 4.69) is 0 Å². The average molecular weight is 187 g/mol. The van der Waals surface area contributed by atoms with Crippen molar-refractivity contribution in [2.24, 2.45) is 11.7 Å². The number of rotatable bonds is 6. The second-order valence-electron chi connectivity index (χ2n) is 4.01. The molecule has 0 saturated heterocycles. The fourth-order valence-corrected chi connectivity index (χ4v) is 1.00. The normalized spacial score (nSPS) is 21.1. The number of nitrogens with two attached hydrogens (primary N) is 1. The molecule has 1 atom stereocenters. The molecule has 0 aromatic heterocycles. The van der Waals surface area contributed by atoms with Crippen LogP contribution in [0.5, 0.6) is 0 Å². The van der Waals surface area contributed by atoms with Gasteiger partial charge in [-0.05, 0) is 19.3 Å². The van der Waals surface area contributed by atoms with Crippen LogP contribution < -0.4 is 5.73 Å². The van der Waals surface area contributed by atoms with E-state index in [4.69, 9.17) is 15.6 Å². The molecular formula is C9H17NO3. The third-order valence-electron chi connectivity index (χ3n) is 2.26. The smallest absolute Gasteiger partial charge is 0.325 e. The molecule has 1 fully saturated rings. The first kappa shape index (κ1) is 10.5. The SMILES string of the molecule is CC(N)(COCCC1CC1)C(=O)O. The summed E-state index contributed by atoms with van der Waals surface area (Å²) in [5.74, 6) is -0.201. The molecule has 0 aromatic rings. The summed E-state index contributed by atoms with van der Waals surface area (Å²) < 4.78 is 5.20. The summed E-state index contributed by atoms with van der Waals surface area (Å²) in [6.07, 6.45) is 3.63. The summed E-state index contributed by atoms with van der Waals surface area (Å²) >= 11 is 0. The number of hydrogen-bond donors (Lipinski definition) is 2. The van der Waals surface area contributed by atoms with Gasteiger partial charge in [-0.3, -0.25) is 4.79 Å². The topological polar surface area (TPSA) is 72.5 Å². The molecule has 76 valence electrons. The van der Waals surface area contributed by atoms with Crippen LogP contribution in [0, 0.1) is 5.92 Å². The maximum absolute atomic E-state index is 10.6. The predicted octanol–water partition coefficient (Wildman–Crippen LogP) is 0.605. The van der Waals surface area contributed by atoms with E-state index in [1.807, 2.05) is 0 Å². The van der Waals surface area contributed by atoms with Crippen molar-refractivity contribution in [2.75, 3.05) is 13.2 Å². The van der Waals surface area contributed by atoms with Crippen LogP contribution in [-0.2, 0) is 9.53 Å². The minimum absolute atomic E-state index is 0.0923. The molecule has 1 aliphatic rings. The Morgan fingerprint density at radius 2 is 2.31 bits per heavy atom. The largest absolute Gasteiger partial charge is 0.480 e. The standard InChI is InChI=1S/C9H17NO3/c1-9(10,8(11)12)6-13-5-4-7-2-3-7/h7H,2-6,10H2,1H3,(H,11,12). The summed E-state index contributed by atoms with van der Waals surface area (Å²) in [7, 11) is 0. The highest BCUT2D eigenvalue weighted by Gasteiger charge is 2.28. The summed E-state index contributed by atoms with van der Waals surface area (Å²) in [6.45, 7) is 2.19. The van der Waals surface area contributed by atoms with Crippen molar-refractivity contribution in [3.8, 4) is 0 Å². The van der Waals surface area contributed by atoms with Gasteiger partial charge in [-0.25, -0.2) is 0 Å². The first-order valence-corrected chi connectivity index (χ1v) is 4.62. The van der Waals surface area contributed by atoms with Gasteiger partial charge in [-0.15, -0.1) is 0 Å². The van der Waals surface area contributed by atoms with Gasteiger partial charge < -0.3 is 15.6 Å². The Hall–Kier alpha value is -0.610. The molecule has 1 rings (SSSR count). The summed E-state index contributed by atoms with van der Waals surface area (Å²) in [5, 5.41) is 8.66. The minimum Gasteiger partial charge on any atom is -0.480 e. The second kappa shape index (κ2) is 4.07. The Morgan fingerprint density at radius 3 is 2.77 bits per heavy atom. The van der Waals surface area contributed by atoms with Crippen molar-refractivity contribution < 1.29 is 14.6 Å². The lowest BCUT2D eigenvalue weighted by atomic mass is 10.1. The van der Waals surface area contributed by atoms with Gasteiger partial charge in [0.2, 0.25) is 0 Å². The molecule has 0 radical (unpaired) electrons. The van der Waals surface area contributed by atoms with E-state index in [0.717, 1.165) is 12.3 Å². The van der Waals surface area contributed by atoms with E-state index in [0.29, 0.717) is 6.61 Å². The van der Waals surface area contributed by atoms with Crippen LogP contribution in [-0.4, -0.2) is 29.8 Å². The Kier molecular flexibility index (Phi) is 3.27. The van der Waals surface area contributed by atoms with Crippen LogP contribution in [0.1, 0.15) is 26.2 Å². The fraction of sp³-hybridized carbons (Fsp3) is 0.889. The maximum atomic E-state index is 10.6. The van der Waals surface area contributed by atoms with Gasteiger partial charge >= 0.3 is 5.97 Å². The lowest BCUT2D eigenvalue weighted by molar-refractivity contribution is -0.145. The third kappa shape index (κ3) is 3.74. The Bertz CT molecular complexity index is 187. The average Bonchev–Trinajstić information content (AvgIpc) is 2.81. The van der Waals surface area contributed by atoms with Crippen molar-refractivity contribution in [2.45, 2.75) is 31.7 Å². The predicted molar refractivity (Wildman–Crippen MR) is 48.4 cm³/mol. The van der Waals surface area contributed by atoms with Gasteiger partial charge in [0.1, 0.15) is 5.54 Å². The summed E-state index contributed by atoms with van der Waals surface area (Å²) in [5.41, 5.74) is 4.22. The zero-order valence-electron chi connectivity index (χ0n) is 7.95. The number of aliphatic carboxylic acids is 1. The molecule has 1 unspecified atom stereocenters. The fourth-order valence-electron chi connectivity index (χ4n) is 1.00. The van der Waals surface area contributed by atoms with Gasteiger partial charge in [0.25, 0.3) is 0 Å². The van der Waals surface area contributed by atoms with Crippen molar-refractivity contribution in [3.05, 3.63) is 0 Å². The zero-order valence-corrected chi connectivity index (χ0v) is 7.95. The summed E-state index contributed by atoms with van der Waals surface area (Å²) in [6, 6.07) is 0. The molecule has 0 aliphatic heterocycles. The number of hydrogen-bond acceptors (Lipinski definition) is 3. The van der Waals surface area contributed by atoms with Gasteiger partial charge in [0.15, 0.2) is 0 Å². The molecule has 1 saturated carbocycles. The Balaban J connectivity index is 2.05. The van der Waals surface area contributed by atoms with Crippen LogP contribution in [0.3, 0.4) is 0 Å². The second-order valence-corrected chi connectivity index (χ2v) is 4.01. The molecule has 3 N–H and O–H groups in total. The molecular weight excluding hydrogens is 170 g/mol. The van der Waals surface area contributed by atoms with Crippen LogP contribution in [0.15, 0.2) is 0 Å². The number of carboxylic acids is 1. The Labute approximate surface area is 78.1 Å². The van der Waals surface area contributed by atoms with Crippen molar-refractivity contribution >= 4 is 5.97 Å². The highest BCUT2D eigenvalue weighted by molar-refractivity contribution is 5.77. The van der Waals surface area contributed by atoms with Gasteiger partial charge in [-0.2, -0.15) is 0 Å². The molecule has 4 heteroatoms. The van der Waals surface area contributed by atoms with E-state index in [9.17, 15) is 4.79 Å².